The molecule has 0 saturated heterocycles. The first-order chi connectivity index (χ1) is 27.9. The van der Waals surface area contributed by atoms with Crippen LogP contribution in [0.5, 0.6) is 5.75 Å². The van der Waals surface area contributed by atoms with Crippen LogP contribution >= 0.6 is 7.82 Å². The molecule has 300 valence electrons. The van der Waals surface area contributed by atoms with Gasteiger partial charge in [-0.1, -0.05) is 30.7 Å². The number of hydrogen-bond acceptors (Lipinski definition) is 15. The molecule has 0 aliphatic heterocycles. The van der Waals surface area contributed by atoms with Gasteiger partial charge < -0.3 is 35.4 Å². The number of anilines is 3. The molecule has 58 heavy (non-hydrogen) atoms. The molecule has 19 nitrogen and oxygen atoms in total. The van der Waals surface area contributed by atoms with E-state index in [0.717, 1.165) is 5.56 Å². The van der Waals surface area contributed by atoms with Gasteiger partial charge in [0.15, 0.2) is 11.2 Å². The Morgan fingerprint density at radius 2 is 1.72 bits per heavy atom. The van der Waals surface area contributed by atoms with Crippen molar-refractivity contribution in [3.8, 4) is 18.3 Å². The zero-order valence-corrected chi connectivity index (χ0v) is 31.6. The minimum absolute atomic E-state index is 0.00608. The van der Waals surface area contributed by atoms with Crippen molar-refractivity contribution in [3.63, 3.8) is 0 Å². The summed E-state index contributed by atoms with van der Waals surface area (Å²) in [5.74, 6) is -3.65. The maximum absolute atomic E-state index is 13.2. The van der Waals surface area contributed by atoms with Crippen LogP contribution in [-0.4, -0.2) is 73.2 Å². The van der Waals surface area contributed by atoms with Crippen molar-refractivity contribution in [2.45, 2.75) is 38.8 Å². The molecule has 5 aromatic rings. The highest BCUT2D eigenvalue weighted by atomic mass is 31.2. The van der Waals surface area contributed by atoms with Gasteiger partial charge in [-0.15, -0.1) is 0 Å². The lowest BCUT2D eigenvalue weighted by molar-refractivity contribution is -0.140. The second-order valence-electron chi connectivity index (χ2n) is 12.0. The standard InChI is InChI=1S/C38H36N7O12P/c1-3-54-58(53,55-4-2)56-20-19-23-9-15-27(16-10-23)57-37(52)28-7-5-6-8-29(28)43-38-44-33-32(35(49)45-38)41-26(22-40-33)21-39-25-13-11-24(12-14-25)34(48)42-30(36(50)51)17-18-31(46)47/h1,5-16,22,30,39H,4,17-21H2,2H3,(H,42,48)(H,46,47)(H,50,51)(H2,40,43,44,45,49)/t30-,58?/m0/s1. The summed E-state index contributed by atoms with van der Waals surface area (Å²) in [4.78, 5) is 76.6. The number of benzene rings is 3. The zero-order chi connectivity index (χ0) is 41.7. The van der Waals surface area contributed by atoms with E-state index in [1.54, 1.807) is 61.5 Å². The number of carbonyl (C=O) groups is 4. The number of aromatic nitrogens is 4. The van der Waals surface area contributed by atoms with Gasteiger partial charge in [0, 0.05) is 17.7 Å². The van der Waals surface area contributed by atoms with Crippen LogP contribution in [0.2, 0.25) is 0 Å². The summed E-state index contributed by atoms with van der Waals surface area (Å²) in [6.07, 6.45) is 7.95. The van der Waals surface area contributed by atoms with E-state index in [-0.39, 0.29) is 65.9 Å². The Balaban J connectivity index is 1.17. The van der Waals surface area contributed by atoms with Crippen LogP contribution in [0.1, 0.15) is 51.7 Å². The van der Waals surface area contributed by atoms with Crippen LogP contribution < -0.4 is 26.2 Å². The van der Waals surface area contributed by atoms with E-state index in [2.05, 4.69) is 40.4 Å². The highest BCUT2D eigenvalue weighted by molar-refractivity contribution is 7.48. The van der Waals surface area contributed by atoms with Crippen LogP contribution in [0, 0.1) is 12.5 Å². The number of carboxylic acid groups (broad SMARTS) is 2. The maximum atomic E-state index is 13.2. The summed E-state index contributed by atoms with van der Waals surface area (Å²) < 4.78 is 32.8. The van der Waals surface area contributed by atoms with E-state index in [9.17, 15) is 33.6 Å². The molecule has 2 aromatic heterocycles. The number of para-hydroxylation sites is 1. The van der Waals surface area contributed by atoms with Crippen molar-refractivity contribution in [2.75, 3.05) is 23.8 Å². The van der Waals surface area contributed by atoms with Gasteiger partial charge in [-0.25, -0.2) is 24.1 Å². The summed E-state index contributed by atoms with van der Waals surface area (Å²) in [6, 6.07) is 17.7. The number of aliphatic carboxylic acids is 2. The molecule has 0 spiro atoms. The lowest BCUT2D eigenvalue weighted by Gasteiger charge is -2.14. The number of amides is 1. The summed E-state index contributed by atoms with van der Waals surface area (Å²) in [5, 5.41) is 26.5. The minimum atomic E-state index is -3.86. The number of terminal acetylenes is 1. The Morgan fingerprint density at radius 3 is 2.41 bits per heavy atom. The molecule has 1 unspecified atom stereocenters. The molecule has 0 bridgehead atoms. The first kappa shape index (κ1) is 42.0. The molecule has 5 rings (SSSR count). The Kier molecular flexibility index (Phi) is 14.2. The molecule has 3 aromatic carbocycles. The number of nitrogens with one attached hydrogen (secondary N) is 4. The molecule has 0 saturated carbocycles. The van der Waals surface area contributed by atoms with E-state index >= 15 is 0 Å². The smallest absolute Gasteiger partial charge is 0.481 e. The van der Waals surface area contributed by atoms with Gasteiger partial charge in [0.05, 0.1) is 42.9 Å². The largest absolute Gasteiger partial charge is 0.538 e. The Hall–Kier alpha value is -7.13. The molecule has 0 radical (unpaired) electrons. The quantitative estimate of drug-likeness (QED) is 0.0270. The number of aromatic amines is 1. The number of ether oxygens (including phenoxy) is 1. The lowest BCUT2D eigenvalue weighted by Crippen LogP contribution is -2.41. The lowest BCUT2D eigenvalue weighted by atomic mass is 10.1. The van der Waals surface area contributed by atoms with Crippen LogP contribution in [0.25, 0.3) is 11.2 Å². The molecule has 0 fully saturated rings. The van der Waals surface area contributed by atoms with Gasteiger partial charge in [-0.3, -0.25) is 28.4 Å². The summed E-state index contributed by atoms with van der Waals surface area (Å²) in [5.41, 5.74) is 1.73. The fourth-order valence-electron chi connectivity index (χ4n) is 5.17. The van der Waals surface area contributed by atoms with Crippen molar-refractivity contribution < 1.29 is 52.3 Å². The molecule has 1 amide bonds. The third-order valence-electron chi connectivity index (χ3n) is 7.96. The fourth-order valence-corrected chi connectivity index (χ4v) is 6.11. The first-order valence-corrected chi connectivity index (χ1v) is 18.9. The van der Waals surface area contributed by atoms with Gasteiger partial charge in [0.2, 0.25) is 5.95 Å². The average molecular weight is 814 g/mol. The molecular formula is C38H36N7O12P. The Labute approximate surface area is 329 Å². The first-order valence-electron chi connectivity index (χ1n) is 17.4. The van der Waals surface area contributed by atoms with Crippen LogP contribution in [-0.2, 0) is 40.7 Å². The molecule has 2 heterocycles. The Bertz CT molecular complexity index is 2440. The maximum Gasteiger partial charge on any atom is 0.538 e. The van der Waals surface area contributed by atoms with E-state index in [1.807, 2.05) is 6.11 Å². The van der Waals surface area contributed by atoms with Gasteiger partial charge in [0.25, 0.3) is 11.5 Å². The van der Waals surface area contributed by atoms with Crippen LogP contribution in [0.4, 0.5) is 17.3 Å². The van der Waals surface area contributed by atoms with Gasteiger partial charge in [-0.2, -0.15) is 4.98 Å². The number of phosphoric ester groups is 1. The van der Waals surface area contributed by atoms with Crippen molar-refractivity contribution in [3.05, 3.63) is 112 Å². The number of carbonyl (C=O) groups excluding carboxylic acids is 2. The van der Waals surface area contributed by atoms with Gasteiger partial charge in [-0.05, 0) is 73.9 Å². The molecule has 6 N–H and O–H groups in total. The predicted molar refractivity (Wildman–Crippen MR) is 207 cm³/mol. The average Bonchev–Trinajstić information content (AvgIpc) is 3.19. The molecular weight excluding hydrogens is 777 g/mol. The monoisotopic (exact) mass is 813 g/mol. The summed E-state index contributed by atoms with van der Waals surface area (Å²) >= 11 is 0. The molecule has 2 atom stereocenters. The number of fused-ring (bicyclic) bond motifs is 1. The minimum Gasteiger partial charge on any atom is -0.481 e. The summed E-state index contributed by atoms with van der Waals surface area (Å²) in [6.45, 7) is 1.84. The number of H-pyrrole nitrogens is 1. The number of esters is 1. The summed E-state index contributed by atoms with van der Waals surface area (Å²) in [7, 11) is -3.86. The highest BCUT2D eigenvalue weighted by Gasteiger charge is 2.27. The second-order valence-corrected chi connectivity index (χ2v) is 13.6. The third kappa shape index (κ3) is 11.7. The number of phosphoric acid groups is 1. The van der Waals surface area contributed by atoms with E-state index < -0.39 is 49.7 Å². The van der Waals surface area contributed by atoms with Crippen molar-refractivity contribution in [2.24, 2.45) is 0 Å². The van der Waals surface area contributed by atoms with Crippen molar-refractivity contribution in [1.29, 1.82) is 0 Å². The van der Waals surface area contributed by atoms with Gasteiger partial charge in [0.1, 0.15) is 17.9 Å². The molecule has 0 aliphatic carbocycles. The predicted octanol–water partition coefficient (Wildman–Crippen LogP) is 4.65. The van der Waals surface area contributed by atoms with Crippen LogP contribution in [0.3, 0.4) is 0 Å². The SMILES string of the molecule is C#COP(=O)(OCC)OCCc1ccc(OC(=O)c2ccccc2Nc2nc3ncc(CNc4ccc(C(=O)N[C@@H](CCC(=O)O)C(=O)O)cc4)nc3c(=O)[nH]2)cc1. The number of nitrogens with zero attached hydrogens (tertiary/aromatic N) is 3. The second kappa shape index (κ2) is 19.6. The van der Waals surface area contributed by atoms with Crippen molar-refractivity contribution >= 4 is 60.1 Å². The molecule has 20 heteroatoms. The van der Waals surface area contributed by atoms with Crippen molar-refractivity contribution in [1.82, 2.24) is 25.3 Å². The van der Waals surface area contributed by atoms with E-state index in [4.69, 9.17) is 25.3 Å². The third-order valence-corrected chi connectivity index (χ3v) is 9.37. The Morgan fingerprint density at radius 1 is 0.983 bits per heavy atom. The van der Waals surface area contributed by atoms with Crippen LogP contribution in [0.15, 0.2) is 83.8 Å². The highest BCUT2D eigenvalue weighted by Crippen LogP contribution is 2.49. The zero-order valence-electron chi connectivity index (χ0n) is 30.7. The van der Waals surface area contributed by atoms with Gasteiger partial charge >= 0.3 is 25.7 Å². The number of hydrogen-bond donors (Lipinski definition) is 6. The topological polar surface area (TPSA) is 270 Å². The number of rotatable bonds is 20. The van der Waals surface area contributed by atoms with E-state index in [1.165, 1.54) is 24.4 Å². The fraction of sp³-hybridized carbons (Fsp3) is 0.211. The normalized spacial score (nSPS) is 12.3. The molecule has 0 aliphatic rings. The number of carboxylic acids is 2. The van der Waals surface area contributed by atoms with E-state index in [0.29, 0.717) is 17.8 Å².